The third-order valence-corrected chi connectivity index (χ3v) is 4.96. The number of aliphatic carboxylic acids is 1. The van der Waals surface area contributed by atoms with Crippen molar-refractivity contribution < 1.29 is 32.3 Å². The molecule has 0 aliphatic carbocycles. The van der Waals surface area contributed by atoms with Crippen LogP contribution in [-0.2, 0) is 23.9 Å². The molecule has 1 amide bonds. The van der Waals surface area contributed by atoms with Gasteiger partial charge in [-0.1, -0.05) is 6.07 Å². The zero-order chi connectivity index (χ0) is 23.6. The quantitative estimate of drug-likeness (QED) is 0.540. The molecule has 0 spiro atoms. The number of hydrogen-bond acceptors (Lipinski definition) is 3. The standard InChI is InChI=1S/C22H19F4N3O3/c1-12-18(10-20(30)31)13(2)29(28-12)11-15-5-8-17(9-19(15)23)27-21(32)14-3-6-16(7-4-14)22(24,25)26/h3-9H,10-11H2,1-2H3,(H,27,32)(H,30,31). The van der Waals surface area contributed by atoms with Crippen LogP contribution in [0.5, 0.6) is 0 Å². The van der Waals surface area contributed by atoms with Gasteiger partial charge in [-0.3, -0.25) is 14.3 Å². The molecule has 1 aromatic heterocycles. The van der Waals surface area contributed by atoms with Gasteiger partial charge >= 0.3 is 12.1 Å². The Bertz CT molecular complexity index is 1170. The number of carbonyl (C=O) groups is 2. The lowest BCUT2D eigenvalue weighted by Gasteiger charge is -2.10. The summed E-state index contributed by atoms with van der Waals surface area (Å²) in [4.78, 5) is 23.3. The molecule has 0 saturated carbocycles. The van der Waals surface area contributed by atoms with E-state index < -0.39 is 29.4 Å². The third-order valence-electron chi connectivity index (χ3n) is 4.96. The van der Waals surface area contributed by atoms with Crippen LogP contribution in [0.1, 0.15) is 38.4 Å². The van der Waals surface area contributed by atoms with E-state index in [1.165, 1.54) is 16.8 Å². The van der Waals surface area contributed by atoms with Crippen molar-refractivity contribution in [2.24, 2.45) is 0 Å². The van der Waals surface area contributed by atoms with Crippen LogP contribution in [0.4, 0.5) is 23.2 Å². The summed E-state index contributed by atoms with van der Waals surface area (Å²) in [5.41, 5.74) is 1.25. The molecule has 32 heavy (non-hydrogen) atoms. The maximum atomic E-state index is 14.6. The highest BCUT2D eigenvalue weighted by Gasteiger charge is 2.30. The smallest absolute Gasteiger partial charge is 0.416 e. The summed E-state index contributed by atoms with van der Waals surface area (Å²) >= 11 is 0. The molecule has 0 radical (unpaired) electrons. The van der Waals surface area contributed by atoms with Crippen molar-refractivity contribution in [3.63, 3.8) is 0 Å². The van der Waals surface area contributed by atoms with Gasteiger partial charge in [0.25, 0.3) is 5.91 Å². The molecule has 1 heterocycles. The molecular formula is C22H19F4N3O3. The number of alkyl halides is 3. The first kappa shape index (κ1) is 23.0. The van der Waals surface area contributed by atoms with Crippen LogP contribution in [-0.4, -0.2) is 26.8 Å². The van der Waals surface area contributed by atoms with E-state index in [2.05, 4.69) is 10.4 Å². The Hall–Kier alpha value is -3.69. The molecule has 3 aromatic rings. The Morgan fingerprint density at radius 1 is 1.09 bits per heavy atom. The predicted molar refractivity (Wildman–Crippen MR) is 108 cm³/mol. The number of carbonyl (C=O) groups excluding carboxylic acids is 1. The molecular weight excluding hydrogens is 430 g/mol. The molecule has 2 aromatic carbocycles. The van der Waals surface area contributed by atoms with Crippen molar-refractivity contribution in [1.29, 1.82) is 0 Å². The van der Waals surface area contributed by atoms with E-state index in [0.717, 1.165) is 30.3 Å². The zero-order valence-corrected chi connectivity index (χ0v) is 17.1. The first-order valence-corrected chi connectivity index (χ1v) is 9.47. The van der Waals surface area contributed by atoms with E-state index >= 15 is 0 Å². The average Bonchev–Trinajstić information content (AvgIpc) is 2.96. The molecule has 3 rings (SSSR count). The van der Waals surface area contributed by atoms with Crippen molar-refractivity contribution in [2.45, 2.75) is 33.0 Å². The Kier molecular flexibility index (Phi) is 6.33. The maximum absolute atomic E-state index is 14.6. The summed E-state index contributed by atoms with van der Waals surface area (Å²) < 4.78 is 54.0. The fourth-order valence-corrected chi connectivity index (χ4v) is 3.22. The molecule has 168 valence electrons. The number of benzene rings is 2. The first-order valence-electron chi connectivity index (χ1n) is 9.47. The fourth-order valence-electron chi connectivity index (χ4n) is 3.22. The van der Waals surface area contributed by atoms with E-state index in [1.807, 2.05) is 0 Å². The number of nitrogens with zero attached hydrogens (tertiary/aromatic N) is 2. The van der Waals surface area contributed by atoms with Crippen LogP contribution in [0, 0.1) is 19.7 Å². The Morgan fingerprint density at radius 2 is 1.75 bits per heavy atom. The van der Waals surface area contributed by atoms with Gasteiger partial charge in [0.15, 0.2) is 0 Å². The summed E-state index contributed by atoms with van der Waals surface area (Å²) in [6.45, 7) is 3.44. The third kappa shape index (κ3) is 5.13. The number of amides is 1. The number of anilines is 1. The summed E-state index contributed by atoms with van der Waals surface area (Å²) in [6.07, 6.45) is -4.69. The number of rotatable bonds is 6. The monoisotopic (exact) mass is 449 g/mol. The predicted octanol–water partition coefficient (Wildman–Crippen LogP) is 4.59. The van der Waals surface area contributed by atoms with Crippen LogP contribution < -0.4 is 5.32 Å². The summed E-state index contributed by atoms with van der Waals surface area (Å²) in [6, 6.07) is 7.69. The van der Waals surface area contributed by atoms with Crippen molar-refractivity contribution in [3.05, 3.63) is 81.9 Å². The van der Waals surface area contributed by atoms with E-state index in [4.69, 9.17) is 5.11 Å². The molecule has 0 bridgehead atoms. The van der Waals surface area contributed by atoms with Crippen molar-refractivity contribution >= 4 is 17.6 Å². The summed E-state index contributed by atoms with van der Waals surface area (Å²) in [5, 5.41) is 15.7. The van der Waals surface area contributed by atoms with Gasteiger partial charge in [0.05, 0.1) is 24.2 Å². The SMILES string of the molecule is Cc1nn(Cc2ccc(NC(=O)c3ccc(C(F)(F)F)cc3)cc2F)c(C)c1CC(=O)O. The number of hydrogen-bond donors (Lipinski definition) is 2. The topological polar surface area (TPSA) is 84.2 Å². The minimum Gasteiger partial charge on any atom is -0.481 e. The summed E-state index contributed by atoms with van der Waals surface area (Å²) in [7, 11) is 0. The number of aryl methyl sites for hydroxylation is 1. The summed E-state index contributed by atoms with van der Waals surface area (Å²) in [5.74, 6) is -2.29. The highest BCUT2D eigenvalue weighted by Crippen LogP contribution is 2.29. The maximum Gasteiger partial charge on any atom is 0.416 e. The van der Waals surface area contributed by atoms with Gasteiger partial charge < -0.3 is 10.4 Å². The van der Waals surface area contributed by atoms with Gasteiger partial charge in [0.2, 0.25) is 0 Å². The highest BCUT2D eigenvalue weighted by molar-refractivity contribution is 6.04. The minimum absolute atomic E-state index is 0.00362. The van der Waals surface area contributed by atoms with Crippen LogP contribution >= 0.6 is 0 Å². The van der Waals surface area contributed by atoms with E-state index in [-0.39, 0.29) is 29.8 Å². The molecule has 0 saturated heterocycles. The lowest BCUT2D eigenvalue weighted by Crippen LogP contribution is -2.13. The Balaban J connectivity index is 1.73. The molecule has 10 heteroatoms. The number of aromatic nitrogens is 2. The fraction of sp³-hybridized carbons (Fsp3) is 0.227. The number of halogens is 4. The zero-order valence-electron chi connectivity index (χ0n) is 17.1. The average molecular weight is 449 g/mol. The first-order chi connectivity index (χ1) is 15.0. The van der Waals surface area contributed by atoms with Crippen molar-refractivity contribution in [2.75, 3.05) is 5.32 Å². The molecule has 0 aliphatic rings. The van der Waals surface area contributed by atoms with Crippen LogP contribution in [0.3, 0.4) is 0 Å². The molecule has 0 fully saturated rings. The number of carboxylic acid groups (broad SMARTS) is 1. The Labute approximate surface area is 180 Å². The van der Waals surface area contributed by atoms with Crippen molar-refractivity contribution in [1.82, 2.24) is 9.78 Å². The lowest BCUT2D eigenvalue weighted by molar-refractivity contribution is -0.138. The van der Waals surface area contributed by atoms with E-state index in [1.54, 1.807) is 13.8 Å². The van der Waals surface area contributed by atoms with Crippen molar-refractivity contribution in [3.8, 4) is 0 Å². The van der Waals surface area contributed by atoms with Gasteiger partial charge in [-0.15, -0.1) is 0 Å². The number of carboxylic acids is 1. The minimum atomic E-state index is -4.51. The Morgan fingerprint density at radius 3 is 2.31 bits per heavy atom. The second kappa shape index (κ2) is 8.81. The van der Waals surface area contributed by atoms with Gasteiger partial charge in [-0.25, -0.2) is 4.39 Å². The second-order valence-electron chi connectivity index (χ2n) is 7.21. The molecule has 0 aliphatic heterocycles. The largest absolute Gasteiger partial charge is 0.481 e. The highest BCUT2D eigenvalue weighted by atomic mass is 19.4. The van der Waals surface area contributed by atoms with Crippen LogP contribution in [0.25, 0.3) is 0 Å². The second-order valence-corrected chi connectivity index (χ2v) is 7.21. The van der Waals surface area contributed by atoms with Crippen LogP contribution in [0.15, 0.2) is 42.5 Å². The molecule has 0 atom stereocenters. The molecule has 0 unspecified atom stereocenters. The van der Waals surface area contributed by atoms with Gasteiger partial charge in [0.1, 0.15) is 5.82 Å². The van der Waals surface area contributed by atoms with E-state index in [0.29, 0.717) is 17.0 Å². The van der Waals surface area contributed by atoms with E-state index in [9.17, 15) is 27.2 Å². The molecule has 6 nitrogen and oxygen atoms in total. The van der Waals surface area contributed by atoms with Gasteiger partial charge in [-0.2, -0.15) is 18.3 Å². The number of nitrogens with one attached hydrogen (secondary N) is 1. The van der Waals surface area contributed by atoms with Gasteiger partial charge in [0, 0.05) is 28.1 Å². The lowest BCUT2D eigenvalue weighted by atomic mass is 10.1. The van der Waals surface area contributed by atoms with Crippen LogP contribution in [0.2, 0.25) is 0 Å². The van der Waals surface area contributed by atoms with Gasteiger partial charge in [-0.05, 0) is 50.2 Å². The molecule has 2 N–H and O–H groups in total. The normalized spacial score (nSPS) is 11.4.